The summed E-state index contributed by atoms with van der Waals surface area (Å²) in [5.41, 5.74) is 6.28. The van der Waals surface area contributed by atoms with Gasteiger partial charge in [0.05, 0.1) is 5.94 Å². The monoisotopic (exact) mass is 404 g/mol. The highest BCUT2D eigenvalue weighted by atomic mass is 16.5. The summed E-state index contributed by atoms with van der Waals surface area (Å²) in [7, 11) is -1.25. The molecular weight excluding hydrogens is 375 g/mol. The lowest BCUT2D eigenvalue weighted by Gasteiger charge is -2.30. The van der Waals surface area contributed by atoms with Crippen molar-refractivity contribution in [3.8, 4) is 5.75 Å². The lowest BCUT2D eigenvalue weighted by atomic mass is 9.72. The van der Waals surface area contributed by atoms with E-state index in [1.165, 1.54) is 6.07 Å². The number of benzene rings is 1. The molecule has 1 aliphatic heterocycles. The number of hydrogen-bond donors (Lipinski definition) is 7. The van der Waals surface area contributed by atoms with Crippen molar-refractivity contribution in [2.45, 2.75) is 63.2 Å². The Labute approximate surface area is 170 Å². The zero-order valence-electron chi connectivity index (χ0n) is 16.3. The van der Waals surface area contributed by atoms with Gasteiger partial charge in [-0.25, -0.2) is 0 Å². The summed E-state index contributed by atoms with van der Waals surface area (Å²) in [6.07, 6.45) is 3.68. The molecule has 158 valence electrons. The Balaban J connectivity index is 1.47. The second-order valence-corrected chi connectivity index (χ2v) is 7.91. The van der Waals surface area contributed by atoms with Crippen molar-refractivity contribution in [3.63, 3.8) is 0 Å². The van der Waals surface area contributed by atoms with Gasteiger partial charge in [-0.1, -0.05) is 18.2 Å². The second-order valence-electron chi connectivity index (χ2n) is 7.91. The smallest absolute Gasteiger partial charge is 0.534 e. The molecule has 9 nitrogen and oxygen atoms in total. The van der Waals surface area contributed by atoms with E-state index in [0.717, 1.165) is 32.1 Å². The molecule has 0 aromatic heterocycles. The summed E-state index contributed by atoms with van der Waals surface area (Å²) >= 11 is 0. The highest BCUT2D eigenvalue weighted by Gasteiger charge is 2.37. The molecule has 1 fully saturated rings. The Kier molecular flexibility index (Phi) is 6.99. The number of nitrogens with two attached hydrogens (primary N) is 1. The number of rotatable bonds is 6. The van der Waals surface area contributed by atoms with Crippen LogP contribution in [0.2, 0.25) is 0 Å². The Morgan fingerprint density at radius 3 is 2.66 bits per heavy atom. The van der Waals surface area contributed by atoms with E-state index >= 15 is 0 Å². The minimum Gasteiger partial charge on any atom is -0.534 e. The van der Waals surface area contributed by atoms with E-state index in [2.05, 4.69) is 10.6 Å². The van der Waals surface area contributed by atoms with Crippen molar-refractivity contribution >= 4 is 19.0 Å². The molecule has 10 heteroatoms. The Hall–Kier alpha value is -2.30. The summed E-state index contributed by atoms with van der Waals surface area (Å²) < 4.78 is 5.46. The number of fused-ring (bicyclic) bond motifs is 1. The molecule has 3 rings (SSSR count). The van der Waals surface area contributed by atoms with Crippen LogP contribution in [0.25, 0.3) is 0 Å². The van der Waals surface area contributed by atoms with Crippen molar-refractivity contribution in [1.82, 2.24) is 10.6 Å². The van der Waals surface area contributed by atoms with Gasteiger partial charge in [0.25, 0.3) is 0 Å². The molecular formula is C19H29BN4O5. The molecule has 0 radical (unpaired) electrons. The molecule has 2 aliphatic rings. The van der Waals surface area contributed by atoms with E-state index in [0.29, 0.717) is 24.3 Å². The van der Waals surface area contributed by atoms with E-state index in [1.54, 1.807) is 12.1 Å². The Morgan fingerprint density at radius 2 is 2.00 bits per heavy atom. The molecule has 0 spiro atoms. The number of aliphatic hydroxyl groups excluding tert-OH is 1. The SMILES string of the molecule is N=C(N)N[C@H]1CC[C@H](CCC(=O)N[C@H]2Cc3cccc(C(O)O)c3OB2O)CC1. The van der Waals surface area contributed by atoms with Crippen LogP contribution in [0, 0.1) is 11.3 Å². The fourth-order valence-corrected chi connectivity index (χ4v) is 4.20. The summed E-state index contributed by atoms with van der Waals surface area (Å²) in [6, 6.07) is 5.23. The summed E-state index contributed by atoms with van der Waals surface area (Å²) in [6.45, 7) is 0. The lowest BCUT2D eigenvalue weighted by molar-refractivity contribution is -0.121. The van der Waals surface area contributed by atoms with Crippen molar-refractivity contribution in [3.05, 3.63) is 29.3 Å². The number of aliphatic hydroxyl groups is 2. The van der Waals surface area contributed by atoms with Crippen LogP contribution in [-0.4, -0.2) is 46.2 Å². The summed E-state index contributed by atoms with van der Waals surface area (Å²) in [4.78, 5) is 12.4. The number of amides is 1. The van der Waals surface area contributed by atoms with Crippen molar-refractivity contribution < 1.29 is 24.7 Å². The zero-order valence-corrected chi connectivity index (χ0v) is 16.3. The Morgan fingerprint density at radius 1 is 1.28 bits per heavy atom. The first-order chi connectivity index (χ1) is 13.8. The first kappa shape index (κ1) is 21.4. The van der Waals surface area contributed by atoms with Crippen LogP contribution < -0.4 is 21.0 Å². The number of carbonyl (C=O) groups excluding carboxylic acids is 1. The van der Waals surface area contributed by atoms with Gasteiger partial charge >= 0.3 is 7.12 Å². The van der Waals surface area contributed by atoms with Crippen LogP contribution in [0.15, 0.2) is 18.2 Å². The first-order valence-corrected chi connectivity index (χ1v) is 10.1. The number of nitrogens with one attached hydrogen (secondary N) is 3. The second kappa shape index (κ2) is 9.47. The molecule has 1 aromatic carbocycles. The predicted molar refractivity (Wildman–Crippen MR) is 108 cm³/mol. The van der Waals surface area contributed by atoms with E-state index in [9.17, 15) is 20.0 Å². The molecule has 1 heterocycles. The van der Waals surface area contributed by atoms with E-state index in [-0.39, 0.29) is 29.2 Å². The van der Waals surface area contributed by atoms with Crippen molar-refractivity contribution in [2.75, 3.05) is 0 Å². The molecule has 0 bridgehead atoms. The van der Waals surface area contributed by atoms with Gasteiger partial charge in [0.15, 0.2) is 12.2 Å². The molecule has 1 aromatic rings. The van der Waals surface area contributed by atoms with E-state index < -0.39 is 19.3 Å². The maximum absolute atomic E-state index is 12.4. The van der Waals surface area contributed by atoms with Crippen LogP contribution >= 0.6 is 0 Å². The highest BCUT2D eigenvalue weighted by Crippen LogP contribution is 2.33. The maximum Gasteiger partial charge on any atom is 0.547 e. The van der Waals surface area contributed by atoms with Crippen molar-refractivity contribution in [2.24, 2.45) is 11.7 Å². The first-order valence-electron chi connectivity index (χ1n) is 10.1. The molecule has 1 saturated carbocycles. The van der Waals surface area contributed by atoms with Gasteiger partial charge < -0.3 is 36.3 Å². The molecule has 0 saturated heterocycles. The molecule has 1 aliphatic carbocycles. The third-order valence-electron chi connectivity index (χ3n) is 5.76. The molecule has 29 heavy (non-hydrogen) atoms. The van der Waals surface area contributed by atoms with Crippen molar-refractivity contribution in [1.29, 1.82) is 5.41 Å². The molecule has 1 amide bonds. The maximum atomic E-state index is 12.4. The normalized spacial score (nSPS) is 23.9. The van der Waals surface area contributed by atoms with Gasteiger partial charge in [-0.3, -0.25) is 10.2 Å². The minimum absolute atomic E-state index is 0.00304. The van der Waals surface area contributed by atoms with Gasteiger partial charge in [-0.15, -0.1) is 0 Å². The third-order valence-corrected chi connectivity index (χ3v) is 5.76. The van der Waals surface area contributed by atoms with Gasteiger partial charge in [0.1, 0.15) is 5.75 Å². The number of carbonyl (C=O) groups is 1. The van der Waals surface area contributed by atoms with Crippen LogP contribution in [0.4, 0.5) is 0 Å². The zero-order chi connectivity index (χ0) is 21.0. The van der Waals surface area contributed by atoms with Crippen LogP contribution in [-0.2, 0) is 11.2 Å². The largest absolute Gasteiger partial charge is 0.547 e. The topological polar surface area (TPSA) is 161 Å². The lowest BCUT2D eigenvalue weighted by Crippen LogP contribution is -2.53. The van der Waals surface area contributed by atoms with Gasteiger partial charge in [0, 0.05) is 18.0 Å². The quantitative estimate of drug-likeness (QED) is 0.151. The summed E-state index contributed by atoms with van der Waals surface area (Å²) in [5, 5.41) is 42.2. The van der Waals surface area contributed by atoms with Crippen LogP contribution in [0.3, 0.4) is 0 Å². The molecule has 1 atom stereocenters. The standard InChI is InChI=1S/C19H29BN4O5/c21-19(22)23-13-7-4-11(5-8-13)6-9-16(25)24-15-10-12-2-1-3-14(18(26)27)17(12)29-20(15)28/h1-3,11,13,15,18,26-28H,4-10H2,(H,24,25)(H4,21,22,23)/t11-,13-,15-/m0/s1. The average Bonchev–Trinajstić information content (AvgIpc) is 2.67. The predicted octanol–water partition coefficient (Wildman–Crippen LogP) is -0.0687. The van der Waals surface area contributed by atoms with Crippen LogP contribution in [0.5, 0.6) is 5.75 Å². The Bertz CT molecular complexity index is 739. The van der Waals surface area contributed by atoms with E-state index in [1.807, 2.05) is 0 Å². The van der Waals surface area contributed by atoms with Gasteiger partial charge in [0.2, 0.25) is 5.91 Å². The fourth-order valence-electron chi connectivity index (χ4n) is 4.20. The van der Waals surface area contributed by atoms with Gasteiger partial charge in [-0.05, 0) is 50.0 Å². The number of para-hydroxylation sites is 1. The summed E-state index contributed by atoms with van der Waals surface area (Å²) in [5.74, 6) is 0.00680. The highest BCUT2D eigenvalue weighted by molar-refractivity contribution is 6.46. The molecule has 8 N–H and O–H groups in total. The van der Waals surface area contributed by atoms with Gasteiger partial charge in [-0.2, -0.15) is 0 Å². The average molecular weight is 404 g/mol. The van der Waals surface area contributed by atoms with Crippen LogP contribution in [0.1, 0.15) is 55.9 Å². The number of guanidine groups is 1. The molecule has 0 unspecified atom stereocenters. The van der Waals surface area contributed by atoms with E-state index in [4.69, 9.17) is 15.8 Å². The number of hydrogen-bond acceptors (Lipinski definition) is 6. The third kappa shape index (κ3) is 5.62. The fraction of sp³-hybridized carbons (Fsp3) is 0.579. The minimum atomic E-state index is -1.69.